The summed E-state index contributed by atoms with van der Waals surface area (Å²) in [5.41, 5.74) is 0.0593. The minimum Gasteiger partial charge on any atom is -0.352 e. The number of aryl methyl sites for hydroxylation is 1. The van der Waals surface area contributed by atoms with E-state index in [9.17, 15) is 31.5 Å². The van der Waals surface area contributed by atoms with Crippen LogP contribution in [0.2, 0.25) is 0 Å². The fourth-order valence-corrected chi connectivity index (χ4v) is 3.17. The number of aromatic amines is 1. The maximum Gasteiger partial charge on any atom is 0.416 e. The number of alkyl halides is 5. The van der Waals surface area contributed by atoms with Crippen molar-refractivity contribution in [1.82, 2.24) is 20.3 Å². The minimum atomic E-state index is -4.52. The number of pyridine rings is 1. The predicted molar refractivity (Wildman–Crippen MR) is 117 cm³/mol. The van der Waals surface area contributed by atoms with E-state index >= 15 is 0 Å². The summed E-state index contributed by atoms with van der Waals surface area (Å²) in [5, 5.41) is 2.65. The largest absolute Gasteiger partial charge is 0.416 e. The molecule has 0 saturated carbocycles. The average molecular weight is 495 g/mol. The number of rotatable bonds is 7. The van der Waals surface area contributed by atoms with Crippen LogP contribution in [0.5, 0.6) is 0 Å². The van der Waals surface area contributed by atoms with Crippen molar-refractivity contribution >= 4 is 17.8 Å². The molecule has 3 aromatic rings. The fraction of sp³-hybridized carbons (Fsp3) is 0.304. The first-order valence-corrected chi connectivity index (χ1v) is 10.5. The number of carbonyl (C=O) groups is 2. The quantitative estimate of drug-likeness (QED) is 0.359. The van der Waals surface area contributed by atoms with Crippen molar-refractivity contribution in [2.45, 2.75) is 40.0 Å². The Morgan fingerprint density at radius 3 is 2.34 bits per heavy atom. The second-order valence-corrected chi connectivity index (χ2v) is 8.02. The summed E-state index contributed by atoms with van der Waals surface area (Å²) in [6.07, 6.45) is -2.02. The van der Waals surface area contributed by atoms with Crippen LogP contribution in [0.3, 0.4) is 0 Å². The number of amides is 2. The predicted octanol–water partition coefficient (Wildman–Crippen LogP) is 4.94. The van der Waals surface area contributed by atoms with Gasteiger partial charge in [-0.05, 0) is 30.7 Å². The van der Waals surface area contributed by atoms with Crippen LogP contribution < -0.4 is 10.2 Å². The van der Waals surface area contributed by atoms with Gasteiger partial charge in [0.05, 0.1) is 16.8 Å². The van der Waals surface area contributed by atoms with E-state index < -0.39 is 30.1 Å². The highest BCUT2D eigenvalue weighted by Crippen LogP contribution is 2.32. The van der Waals surface area contributed by atoms with Crippen LogP contribution in [-0.4, -0.2) is 33.3 Å². The molecule has 2 aromatic heterocycles. The Morgan fingerprint density at radius 1 is 1.11 bits per heavy atom. The zero-order valence-electron chi connectivity index (χ0n) is 19.0. The van der Waals surface area contributed by atoms with Crippen molar-refractivity contribution in [2.24, 2.45) is 5.92 Å². The number of imidazole rings is 1. The molecule has 0 bridgehead atoms. The number of aromatic nitrogens is 3. The maximum absolute atomic E-state index is 13.9. The smallest absolute Gasteiger partial charge is 0.352 e. The molecule has 0 atom stereocenters. The summed E-state index contributed by atoms with van der Waals surface area (Å²) in [6.45, 7) is 1.68. The second-order valence-electron chi connectivity index (χ2n) is 8.02. The molecule has 0 fully saturated rings. The Bertz CT molecular complexity index is 1210. The van der Waals surface area contributed by atoms with E-state index in [1.165, 1.54) is 31.3 Å². The van der Waals surface area contributed by atoms with Gasteiger partial charge in [-0.1, -0.05) is 26.0 Å². The lowest BCUT2D eigenvalue weighted by atomic mass is 10.1. The maximum atomic E-state index is 13.9. The highest BCUT2D eigenvalue weighted by Gasteiger charge is 2.31. The lowest BCUT2D eigenvalue weighted by Crippen LogP contribution is -2.36. The number of nitrogens with zero attached hydrogens (tertiary/aromatic N) is 3. The Morgan fingerprint density at radius 2 is 1.77 bits per heavy atom. The lowest BCUT2D eigenvalue weighted by Gasteiger charge is -2.19. The third-order valence-corrected chi connectivity index (χ3v) is 5.03. The first-order valence-electron chi connectivity index (χ1n) is 10.5. The molecule has 2 amide bonds. The van der Waals surface area contributed by atoms with Gasteiger partial charge in [-0.3, -0.25) is 14.6 Å². The van der Waals surface area contributed by atoms with Crippen LogP contribution in [0.4, 0.5) is 27.9 Å². The molecule has 7 nitrogen and oxygen atoms in total. The van der Waals surface area contributed by atoms with Crippen molar-refractivity contribution in [3.05, 3.63) is 65.1 Å². The normalized spacial score (nSPS) is 11.7. The van der Waals surface area contributed by atoms with Crippen molar-refractivity contribution in [3.63, 3.8) is 0 Å². The highest BCUT2D eigenvalue weighted by molar-refractivity contribution is 6.05. The molecule has 0 aliphatic carbocycles. The molecule has 0 spiro atoms. The Hall–Kier alpha value is -3.83. The van der Waals surface area contributed by atoms with E-state index in [-0.39, 0.29) is 45.8 Å². The molecule has 0 unspecified atom stereocenters. The second kappa shape index (κ2) is 10.2. The fourth-order valence-electron chi connectivity index (χ4n) is 3.17. The molecular formula is C23H22F5N5O2. The zero-order chi connectivity index (χ0) is 25.9. The SMILES string of the molecule is Cc1[nH]c(N(C(=O)c2cncc(CNC(=O)C(C)C)c2)C(F)F)nc1-c1ccc(C(F)(F)F)cc1. The van der Waals surface area contributed by atoms with Gasteiger partial charge in [-0.25, -0.2) is 9.88 Å². The van der Waals surface area contributed by atoms with Crippen LogP contribution in [0.15, 0.2) is 42.7 Å². The van der Waals surface area contributed by atoms with Crippen molar-refractivity contribution in [1.29, 1.82) is 0 Å². The van der Waals surface area contributed by atoms with Gasteiger partial charge in [0, 0.05) is 36.1 Å². The summed E-state index contributed by atoms with van der Waals surface area (Å²) in [4.78, 5) is 35.4. The van der Waals surface area contributed by atoms with E-state index in [0.717, 1.165) is 18.3 Å². The molecule has 12 heteroatoms. The molecule has 1 aromatic carbocycles. The molecule has 0 aliphatic heterocycles. The number of nitrogens with one attached hydrogen (secondary N) is 2. The van der Waals surface area contributed by atoms with Gasteiger partial charge < -0.3 is 10.3 Å². The highest BCUT2D eigenvalue weighted by atomic mass is 19.4. The minimum absolute atomic E-state index is 0.0533. The van der Waals surface area contributed by atoms with Crippen LogP contribution in [-0.2, 0) is 17.5 Å². The van der Waals surface area contributed by atoms with E-state index in [1.807, 2.05) is 0 Å². The van der Waals surface area contributed by atoms with E-state index in [2.05, 4.69) is 20.3 Å². The molecule has 186 valence electrons. The molecule has 3 rings (SSSR count). The topological polar surface area (TPSA) is 91.0 Å². The summed E-state index contributed by atoms with van der Waals surface area (Å²) >= 11 is 0. The molecule has 2 heterocycles. The molecule has 35 heavy (non-hydrogen) atoms. The molecule has 0 saturated heterocycles. The van der Waals surface area contributed by atoms with Crippen molar-refractivity contribution < 1.29 is 31.5 Å². The zero-order valence-corrected chi connectivity index (χ0v) is 19.0. The van der Waals surface area contributed by atoms with Gasteiger partial charge in [0.15, 0.2) is 0 Å². The van der Waals surface area contributed by atoms with Gasteiger partial charge in [-0.2, -0.15) is 22.0 Å². The van der Waals surface area contributed by atoms with Gasteiger partial charge >= 0.3 is 12.7 Å². The van der Waals surface area contributed by atoms with Gasteiger partial charge in [0.1, 0.15) is 0 Å². The molecule has 0 radical (unpaired) electrons. The standard InChI is InChI=1S/C23H22F5N5O2/c1-12(2)19(34)30-10-14-8-16(11-29-9-14)20(35)33(21(24)25)22-31-13(3)18(32-22)15-4-6-17(7-5-15)23(26,27)28/h4-9,11-12,21H,10H2,1-3H3,(H,30,34)(H,31,32). The Labute approximate surface area is 197 Å². The van der Waals surface area contributed by atoms with Gasteiger partial charge in [0.2, 0.25) is 11.9 Å². The van der Waals surface area contributed by atoms with Crippen LogP contribution in [0.1, 0.15) is 41.0 Å². The van der Waals surface area contributed by atoms with Crippen LogP contribution in [0.25, 0.3) is 11.3 Å². The monoisotopic (exact) mass is 495 g/mol. The van der Waals surface area contributed by atoms with Gasteiger partial charge in [0.25, 0.3) is 5.91 Å². The Kier molecular flexibility index (Phi) is 7.51. The third kappa shape index (κ3) is 6.00. The first-order chi connectivity index (χ1) is 16.4. The third-order valence-electron chi connectivity index (χ3n) is 5.03. The summed E-state index contributed by atoms with van der Waals surface area (Å²) in [7, 11) is 0. The lowest BCUT2D eigenvalue weighted by molar-refractivity contribution is -0.137. The van der Waals surface area contributed by atoms with Gasteiger partial charge in [-0.15, -0.1) is 0 Å². The van der Waals surface area contributed by atoms with Crippen molar-refractivity contribution in [2.75, 3.05) is 4.90 Å². The van der Waals surface area contributed by atoms with E-state index in [0.29, 0.717) is 5.56 Å². The number of carbonyl (C=O) groups excluding carboxylic acids is 2. The van der Waals surface area contributed by atoms with Crippen LogP contribution in [0, 0.1) is 12.8 Å². The Balaban J connectivity index is 1.87. The summed E-state index contributed by atoms with van der Waals surface area (Å²) < 4.78 is 66.3. The van der Waals surface area contributed by atoms with Crippen molar-refractivity contribution in [3.8, 4) is 11.3 Å². The van der Waals surface area contributed by atoms with E-state index in [1.54, 1.807) is 13.8 Å². The summed E-state index contributed by atoms with van der Waals surface area (Å²) in [6, 6.07) is 5.38. The molecular weight excluding hydrogens is 473 g/mol. The molecule has 2 N–H and O–H groups in total. The first kappa shape index (κ1) is 25.8. The van der Waals surface area contributed by atoms with E-state index in [4.69, 9.17) is 0 Å². The van der Waals surface area contributed by atoms with Crippen LogP contribution >= 0.6 is 0 Å². The number of anilines is 1. The summed E-state index contributed by atoms with van der Waals surface area (Å²) in [5.74, 6) is -2.06. The number of hydrogen-bond acceptors (Lipinski definition) is 4. The molecule has 0 aliphatic rings. The number of benzene rings is 1. The number of halogens is 5. The average Bonchev–Trinajstić information content (AvgIpc) is 3.17. The number of H-pyrrole nitrogens is 1. The number of hydrogen-bond donors (Lipinski definition) is 2.